The van der Waals surface area contributed by atoms with Gasteiger partial charge in [-0.3, -0.25) is 9.69 Å². The monoisotopic (exact) mass is 417 g/mol. The summed E-state index contributed by atoms with van der Waals surface area (Å²) in [4.78, 5) is 14.9. The number of benzene rings is 1. The molecule has 0 radical (unpaired) electrons. The van der Waals surface area contributed by atoms with Gasteiger partial charge in [0.15, 0.2) is 0 Å². The summed E-state index contributed by atoms with van der Waals surface area (Å²) in [6.45, 7) is 5.57. The van der Waals surface area contributed by atoms with E-state index in [1.54, 1.807) is 0 Å². The molecule has 0 aromatic heterocycles. The molecule has 1 amide bonds. The van der Waals surface area contributed by atoms with E-state index in [0.717, 1.165) is 50.6 Å². The summed E-state index contributed by atoms with van der Waals surface area (Å²) < 4.78 is 5.47. The molecular weight excluding hydrogens is 385 g/mol. The normalized spacial score (nSPS) is 19.4. The van der Waals surface area contributed by atoms with E-state index in [4.69, 9.17) is 10.5 Å². The number of morpholine rings is 1. The first-order valence-electron chi connectivity index (χ1n) is 9.57. The number of nitrogens with zero attached hydrogens (tertiary/aromatic N) is 1. The van der Waals surface area contributed by atoms with Crippen molar-refractivity contribution in [1.82, 2.24) is 10.2 Å². The number of carbonyl (C=O) groups is 1. The maximum absolute atomic E-state index is 12.4. The van der Waals surface area contributed by atoms with Crippen molar-refractivity contribution in [1.29, 1.82) is 0 Å². The Balaban J connectivity index is 0.00000182. The highest BCUT2D eigenvalue weighted by molar-refractivity contribution is 5.85. The van der Waals surface area contributed by atoms with E-state index in [-0.39, 0.29) is 36.1 Å². The Morgan fingerprint density at radius 1 is 1.07 bits per heavy atom. The molecule has 2 fully saturated rings. The fourth-order valence-electron chi connectivity index (χ4n) is 4.10. The number of nitrogen functional groups attached to an aromatic ring is 1. The molecule has 1 saturated heterocycles. The number of halogens is 2. The minimum absolute atomic E-state index is 0. The van der Waals surface area contributed by atoms with Gasteiger partial charge in [0.1, 0.15) is 0 Å². The lowest BCUT2D eigenvalue weighted by Gasteiger charge is -2.42. The molecule has 1 aromatic carbocycles. The van der Waals surface area contributed by atoms with Crippen LogP contribution in [0.4, 0.5) is 5.69 Å². The van der Waals surface area contributed by atoms with Crippen LogP contribution >= 0.6 is 24.8 Å². The Kier molecular flexibility index (Phi) is 10.5. The van der Waals surface area contributed by atoms with Gasteiger partial charge in [-0.15, -0.1) is 24.8 Å². The van der Waals surface area contributed by atoms with Crippen molar-refractivity contribution in [3.05, 3.63) is 29.8 Å². The predicted octanol–water partition coefficient (Wildman–Crippen LogP) is 3.05. The van der Waals surface area contributed by atoms with E-state index in [1.165, 1.54) is 32.1 Å². The van der Waals surface area contributed by atoms with Crippen molar-refractivity contribution in [3.8, 4) is 0 Å². The summed E-state index contributed by atoms with van der Waals surface area (Å²) in [6.07, 6.45) is 6.73. The molecule has 0 spiro atoms. The molecule has 1 aromatic rings. The second kappa shape index (κ2) is 11.7. The van der Waals surface area contributed by atoms with E-state index < -0.39 is 0 Å². The van der Waals surface area contributed by atoms with Crippen LogP contribution < -0.4 is 11.1 Å². The molecular formula is C20H33Cl2N3O2. The topological polar surface area (TPSA) is 67.6 Å². The number of nitrogens with one attached hydrogen (secondary N) is 1. The standard InChI is InChI=1S/C20H31N3O2.2ClH/c21-18-6-4-17(5-7-18)14-19(24)22-15-20(8-2-1-3-9-20)16-23-10-12-25-13-11-23;;/h4-7H,1-3,8-16,21H2,(H,22,24);2*1H. The minimum Gasteiger partial charge on any atom is -0.399 e. The van der Waals surface area contributed by atoms with Gasteiger partial charge in [0, 0.05) is 37.3 Å². The number of hydrogen-bond donors (Lipinski definition) is 2. The fourth-order valence-corrected chi connectivity index (χ4v) is 4.10. The van der Waals surface area contributed by atoms with E-state index in [0.29, 0.717) is 6.42 Å². The highest BCUT2D eigenvalue weighted by Gasteiger charge is 2.34. The first kappa shape index (κ1) is 24.0. The molecule has 0 bridgehead atoms. The SMILES string of the molecule is Cl.Cl.Nc1ccc(CC(=O)NCC2(CN3CCOCC3)CCCCC2)cc1. The summed E-state index contributed by atoms with van der Waals surface area (Å²) in [5.41, 5.74) is 7.68. The lowest BCUT2D eigenvalue weighted by Crippen LogP contribution is -2.49. The van der Waals surface area contributed by atoms with Gasteiger partial charge >= 0.3 is 0 Å². The first-order valence-corrected chi connectivity index (χ1v) is 9.57. The number of rotatable bonds is 6. The number of anilines is 1. The maximum Gasteiger partial charge on any atom is 0.224 e. The number of hydrogen-bond acceptors (Lipinski definition) is 4. The summed E-state index contributed by atoms with van der Waals surface area (Å²) in [7, 11) is 0. The number of carbonyl (C=O) groups excluding carboxylic acids is 1. The number of nitrogens with two attached hydrogens (primary N) is 1. The van der Waals surface area contributed by atoms with E-state index in [9.17, 15) is 4.79 Å². The van der Waals surface area contributed by atoms with Gasteiger partial charge in [-0.25, -0.2) is 0 Å². The molecule has 1 heterocycles. The summed E-state index contributed by atoms with van der Waals surface area (Å²) in [6, 6.07) is 7.56. The fraction of sp³-hybridized carbons (Fsp3) is 0.650. The molecule has 0 unspecified atom stereocenters. The Morgan fingerprint density at radius 3 is 2.33 bits per heavy atom. The Bertz CT molecular complexity index is 557. The van der Waals surface area contributed by atoms with Crippen LogP contribution in [0.15, 0.2) is 24.3 Å². The van der Waals surface area contributed by atoms with Gasteiger partial charge in [-0.2, -0.15) is 0 Å². The van der Waals surface area contributed by atoms with E-state index in [1.807, 2.05) is 24.3 Å². The molecule has 3 N–H and O–H groups in total. The first-order chi connectivity index (χ1) is 12.2. The van der Waals surface area contributed by atoms with Crippen molar-refractivity contribution < 1.29 is 9.53 Å². The lowest BCUT2D eigenvalue weighted by atomic mass is 9.73. The third-order valence-electron chi connectivity index (χ3n) is 5.58. The molecule has 1 aliphatic carbocycles. The zero-order valence-corrected chi connectivity index (χ0v) is 17.6. The van der Waals surface area contributed by atoms with Crippen LogP contribution in [-0.2, 0) is 16.0 Å². The second-order valence-corrected chi connectivity index (χ2v) is 7.64. The smallest absolute Gasteiger partial charge is 0.224 e. The predicted molar refractivity (Wildman–Crippen MR) is 115 cm³/mol. The molecule has 1 saturated carbocycles. The molecule has 7 heteroatoms. The lowest BCUT2D eigenvalue weighted by molar-refractivity contribution is -0.121. The highest BCUT2D eigenvalue weighted by Crippen LogP contribution is 2.36. The number of ether oxygens (including phenoxy) is 1. The third kappa shape index (κ3) is 7.49. The average Bonchev–Trinajstić information content (AvgIpc) is 2.64. The summed E-state index contributed by atoms with van der Waals surface area (Å²) in [5.74, 6) is 0.108. The zero-order valence-electron chi connectivity index (χ0n) is 16.0. The van der Waals surface area contributed by atoms with Gasteiger partial charge in [-0.05, 0) is 30.5 Å². The van der Waals surface area contributed by atoms with Crippen LogP contribution in [0.2, 0.25) is 0 Å². The van der Waals surface area contributed by atoms with Crippen molar-refractivity contribution in [2.45, 2.75) is 38.5 Å². The van der Waals surface area contributed by atoms with Crippen LogP contribution in [0.5, 0.6) is 0 Å². The van der Waals surface area contributed by atoms with Crippen LogP contribution in [0.25, 0.3) is 0 Å². The van der Waals surface area contributed by atoms with Crippen LogP contribution in [0.1, 0.15) is 37.7 Å². The van der Waals surface area contributed by atoms with Gasteiger partial charge in [0.2, 0.25) is 5.91 Å². The van der Waals surface area contributed by atoms with Crippen LogP contribution in [0.3, 0.4) is 0 Å². The van der Waals surface area contributed by atoms with Gasteiger partial charge in [0.05, 0.1) is 19.6 Å². The van der Waals surface area contributed by atoms with Gasteiger partial charge in [0.25, 0.3) is 0 Å². The molecule has 154 valence electrons. The van der Waals surface area contributed by atoms with Crippen LogP contribution in [0, 0.1) is 5.41 Å². The summed E-state index contributed by atoms with van der Waals surface area (Å²) in [5, 5.41) is 3.22. The minimum atomic E-state index is 0. The van der Waals surface area contributed by atoms with E-state index in [2.05, 4.69) is 10.2 Å². The quantitative estimate of drug-likeness (QED) is 0.697. The molecule has 27 heavy (non-hydrogen) atoms. The number of amides is 1. The molecule has 3 rings (SSSR count). The van der Waals surface area contributed by atoms with Crippen molar-refractivity contribution >= 4 is 36.4 Å². The summed E-state index contributed by atoms with van der Waals surface area (Å²) >= 11 is 0. The van der Waals surface area contributed by atoms with Gasteiger partial charge < -0.3 is 15.8 Å². The molecule has 1 aliphatic heterocycles. The Morgan fingerprint density at radius 2 is 1.70 bits per heavy atom. The largest absolute Gasteiger partial charge is 0.399 e. The molecule has 0 atom stereocenters. The van der Waals surface area contributed by atoms with Crippen molar-refractivity contribution in [2.24, 2.45) is 5.41 Å². The Hall–Kier alpha value is -1.01. The molecule has 5 nitrogen and oxygen atoms in total. The zero-order chi connectivity index (χ0) is 17.5. The third-order valence-corrected chi connectivity index (χ3v) is 5.58. The van der Waals surface area contributed by atoms with Crippen molar-refractivity contribution in [2.75, 3.05) is 45.1 Å². The van der Waals surface area contributed by atoms with E-state index >= 15 is 0 Å². The molecule has 2 aliphatic rings. The Labute approximate surface area is 175 Å². The maximum atomic E-state index is 12.4. The average molecular weight is 418 g/mol. The van der Waals surface area contributed by atoms with Gasteiger partial charge in [-0.1, -0.05) is 31.4 Å². The van der Waals surface area contributed by atoms with Crippen molar-refractivity contribution in [3.63, 3.8) is 0 Å². The van der Waals surface area contributed by atoms with Crippen LogP contribution in [-0.4, -0.2) is 50.2 Å². The second-order valence-electron chi connectivity index (χ2n) is 7.64. The highest BCUT2D eigenvalue weighted by atomic mass is 35.5.